The average Bonchev–Trinajstić information content (AvgIpc) is 1.89. The highest BCUT2D eigenvalue weighted by Gasteiger charge is 1.83. The van der Waals surface area contributed by atoms with Gasteiger partial charge in [-0.05, 0) is 19.4 Å². The molecule has 0 aromatic heterocycles. The Bertz CT molecular complexity index is 63.9. The fourth-order valence-corrected chi connectivity index (χ4v) is 0.563. The first-order valence-electron chi connectivity index (χ1n) is 3.29. The number of rotatable bonds is 6. The van der Waals surface area contributed by atoms with Gasteiger partial charge in [-0.3, -0.25) is 0 Å². The molecule has 0 saturated carbocycles. The molecule has 0 spiro atoms. The molecular weight excluding hydrogens is 117 g/mol. The third-order valence-electron chi connectivity index (χ3n) is 1.03. The average molecular weight is 131 g/mol. The number of hydrogen-bond donors (Lipinski definition) is 1. The Balaban J connectivity index is 2.66. The van der Waals surface area contributed by atoms with Gasteiger partial charge < -0.3 is 5.32 Å². The van der Waals surface area contributed by atoms with Gasteiger partial charge in [0.2, 0.25) is 0 Å². The molecule has 0 aliphatic carbocycles. The molecule has 0 rings (SSSR count). The highest BCUT2D eigenvalue weighted by molar-refractivity contribution is 4.66. The predicted octanol–water partition coefficient (Wildman–Crippen LogP) is 1.51. The SMILES string of the molecule is C=CCCCNCCF. The molecule has 0 radical (unpaired) electrons. The molecule has 0 atom stereocenters. The third-order valence-corrected chi connectivity index (χ3v) is 1.03. The van der Waals surface area contributed by atoms with Crippen molar-refractivity contribution in [1.29, 1.82) is 0 Å². The molecule has 0 fully saturated rings. The lowest BCUT2D eigenvalue weighted by Crippen LogP contribution is -2.17. The number of allylic oxidation sites excluding steroid dienone is 1. The standard InChI is InChI=1S/C7H14FN/c1-2-3-4-6-9-7-5-8/h2,9H,1,3-7H2. The Morgan fingerprint density at radius 2 is 2.22 bits per heavy atom. The second-order valence-corrected chi connectivity index (χ2v) is 1.87. The van der Waals surface area contributed by atoms with Crippen molar-refractivity contribution in [2.24, 2.45) is 0 Å². The van der Waals surface area contributed by atoms with Crippen LogP contribution in [0.2, 0.25) is 0 Å². The van der Waals surface area contributed by atoms with Crippen molar-refractivity contribution in [3.8, 4) is 0 Å². The summed E-state index contributed by atoms with van der Waals surface area (Å²) in [5.74, 6) is 0. The van der Waals surface area contributed by atoms with Gasteiger partial charge >= 0.3 is 0 Å². The van der Waals surface area contributed by atoms with Gasteiger partial charge in [0.25, 0.3) is 0 Å². The van der Waals surface area contributed by atoms with Gasteiger partial charge in [0.1, 0.15) is 6.67 Å². The Morgan fingerprint density at radius 3 is 2.78 bits per heavy atom. The fourth-order valence-electron chi connectivity index (χ4n) is 0.563. The van der Waals surface area contributed by atoms with E-state index in [1.807, 2.05) is 6.08 Å². The molecule has 0 amide bonds. The molecule has 0 aromatic rings. The summed E-state index contributed by atoms with van der Waals surface area (Å²) in [6.45, 7) is 4.69. The summed E-state index contributed by atoms with van der Waals surface area (Å²) in [6, 6.07) is 0. The van der Waals surface area contributed by atoms with Crippen molar-refractivity contribution in [1.82, 2.24) is 5.32 Å². The van der Waals surface area contributed by atoms with Crippen molar-refractivity contribution >= 4 is 0 Å². The van der Waals surface area contributed by atoms with Gasteiger partial charge in [-0.1, -0.05) is 6.08 Å². The molecule has 0 unspecified atom stereocenters. The van der Waals surface area contributed by atoms with E-state index in [-0.39, 0.29) is 6.67 Å². The third kappa shape index (κ3) is 7.63. The molecular formula is C7H14FN. The molecule has 9 heavy (non-hydrogen) atoms. The molecule has 0 bridgehead atoms. The molecule has 0 aromatic carbocycles. The van der Waals surface area contributed by atoms with E-state index in [1.165, 1.54) is 0 Å². The van der Waals surface area contributed by atoms with Crippen LogP contribution in [-0.2, 0) is 0 Å². The summed E-state index contributed by atoms with van der Waals surface area (Å²) in [4.78, 5) is 0. The lowest BCUT2D eigenvalue weighted by atomic mass is 10.3. The normalized spacial score (nSPS) is 9.44. The van der Waals surface area contributed by atoms with E-state index < -0.39 is 0 Å². The first kappa shape index (κ1) is 8.63. The topological polar surface area (TPSA) is 12.0 Å². The van der Waals surface area contributed by atoms with E-state index in [1.54, 1.807) is 0 Å². The van der Waals surface area contributed by atoms with Crippen LogP contribution in [0.3, 0.4) is 0 Å². The smallest absolute Gasteiger partial charge is 0.102 e. The maximum absolute atomic E-state index is 11.4. The van der Waals surface area contributed by atoms with Gasteiger partial charge in [0.05, 0.1) is 0 Å². The van der Waals surface area contributed by atoms with Crippen LogP contribution in [-0.4, -0.2) is 19.8 Å². The van der Waals surface area contributed by atoms with Crippen molar-refractivity contribution in [3.63, 3.8) is 0 Å². The van der Waals surface area contributed by atoms with Crippen molar-refractivity contribution in [2.45, 2.75) is 12.8 Å². The highest BCUT2D eigenvalue weighted by Crippen LogP contribution is 1.85. The minimum Gasteiger partial charge on any atom is -0.314 e. The second-order valence-electron chi connectivity index (χ2n) is 1.87. The van der Waals surface area contributed by atoms with E-state index in [0.717, 1.165) is 19.4 Å². The summed E-state index contributed by atoms with van der Waals surface area (Å²) < 4.78 is 11.4. The number of alkyl halides is 1. The highest BCUT2D eigenvalue weighted by atomic mass is 19.1. The predicted molar refractivity (Wildman–Crippen MR) is 38.3 cm³/mol. The Hall–Kier alpha value is -0.370. The molecule has 0 aliphatic rings. The zero-order chi connectivity index (χ0) is 6.95. The van der Waals surface area contributed by atoms with Gasteiger partial charge in [-0.25, -0.2) is 4.39 Å². The van der Waals surface area contributed by atoms with Crippen LogP contribution in [0.25, 0.3) is 0 Å². The molecule has 0 heterocycles. The molecule has 54 valence electrons. The zero-order valence-electron chi connectivity index (χ0n) is 5.70. The minimum absolute atomic E-state index is 0.270. The molecule has 2 heteroatoms. The Labute approximate surface area is 56.0 Å². The second kappa shape index (κ2) is 7.63. The first-order chi connectivity index (χ1) is 4.41. The van der Waals surface area contributed by atoms with E-state index >= 15 is 0 Å². The van der Waals surface area contributed by atoms with Crippen LogP contribution >= 0.6 is 0 Å². The summed E-state index contributed by atoms with van der Waals surface area (Å²) >= 11 is 0. The van der Waals surface area contributed by atoms with E-state index in [4.69, 9.17) is 0 Å². The van der Waals surface area contributed by atoms with Gasteiger partial charge in [-0.15, -0.1) is 6.58 Å². The van der Waals surface area contributed by atoms with Crippen LogP contribution in [0.4, 0.5) is 4.39 Å². The van der Waals surface area contributed by atoms with Crippen LogP contribution in [0.5, 0.6) is 0 Å². The minimum atomic E-state index is -0.270. The summed E-state index contributed by atoms with van der Waals surface area (Å²) in [5.41, 5.74) is 0. The largest absolute Gasteiger partial charge is 0.314 e. The van der Waals surface area contributed by atoms with Crippen LogP contribution < -0.4 is 5.32 Å². The van der Waals surface area contributed by atoms with Gasteiger partial charge in [0.15, 0.2) is 0 Å². The van der Waals surface area contributed by atoms with Crippen molar-refractivity contribution in [3.05, 3.63) is 12.7 Å². The van der Waals surface area contributed by atoms with Crippen molar-refractivity contribution < 1.29 is 4.39 Å². The number of unbranched alkanes of at least 4 members (excludes halogenated alkanes) is 1. The van der Waals surface area contributed by atoms with Gasteiger partial charge in [0, 0.05) is 6.54 Å². The lowest BCUT2D eigenvalue weighted by molar-refractivity contribution is 0.465. The van der Waals surface area contributed by atoms with Gasteiger partial charge in [-0.2, -0.15) is 0 Å². The fraction of sp³-hybridized carbons (Fsp3) is 0.714. The maximum atomic E-state index is 11.4. The molecule has 0 aliphatic heterocycles. The van der Waals surface area contributed by atoms with E-state index in [2.05, 4.69) is 11.9 Å². The number of halogens is 1. The maximum Gasteiger partial charge on any atom is 0.102 e. The molecule has 1 N–H and O–H groups in total. The zero-order valence-corrected chi connectivity index (χ0v) is 5.70. The van der Waals surface area contributed by atoms with Crippen LogP contribution in [0.1, 0.15) is 12.8 Å². The molecule has 1 nitrogen and oxygen atoms in total. The summed E-state index contributed by atoms with van der Waals surface area (Å²) in [5, 5.41) is 2.95. The molecule has 0 saturated heterocycles. The Kier molecular flexibility index (Phi) is 7.32. The van der Waals surface area contributed by atoms with E-state index in [0.29, 0.717) is 6.54 Å². The first-order valence-corrected chi connectivity index (χ1v) is 3.29. The lowest BCUT2D eigenvalue weighted by Gasteiger charge is -1.97. The van der Waals surface area contributed by atoms with Crippen LogP contribution in [0.15, 0.2) is 12.7 Å². The summed E-state index contributed by atoms with van der Waals surface area (Å²) in [6.07, 6.45) is 3.94. The van der Waals surface area contributed by atoms with Crippen molar-refractivity contribution in [2.75, 3.05) is 19.8 Å². The monoisotopic (exact) mass is 131 g/mol. The van der Waals surface area contributed by atoms with E-state index in [9.17, 15) is 4.39 Å². The summed E-state index contributed by atoms with van der Waals surface area (Å²) in [7, 11) is 0. The Morgan fingerprint density at radius 1 is 1.44 bits per heavy atom. The quantitative estimate of drug-likeness (QED) is 0.425. The number of hydrogen-bond acceptors (Lipinski definition) is 1. The van der Waals surface area contributed by atoms with Crippen LogP contribution in [0, 0.1) is 0 Å². The number of nitrogens with one attached hydrogen (secondary N) is 1.